The third kappa shape index (κ3) is 2.71. The minimum Gasteiger partial charge on any atom is -0.479 e. The Morgan fingerprint density at radius 1 is 1.43 bits per heavy atom. The van der Waals surface area contributed by atoms with Gasteiger partial charge in [0.05, 0.1) is 16.1 Å². The van der Waals surface area contributed by atoms with Crippen molar-refractivity contribution in [2.75, 3.05) is 6.61 Å². The predicted octanol–water partition coefficient (Wildman–Crippen LogP) is 2.42. The molecule has 1 aromatic rings. The lowest BCUT2D eigenvalue weighted by Gasteiger charge is -2.06. The molecule has 0 amide bonds. The number of hydrogen-bond donors (Lipinski definition) is 0. The number of carbonyl (C=O) groups excluding carboxylic acids is 1. The van der Waals surface area contributed by atoms with Crippen LogP contribution < -0.4 is 4.52 Å². The number of esters is 1. The average molecular weight is 212 g/mol. The van der Waals surface area contributed by atoms with Gasteiger partial charge in [-0.1, -0.05) is 19.1 Å². The number of para-hydroxylation sites is 1. The summed E-state index contributed by atoms with van der Waals surface area (Å²) in [6.07, 6.45) is 0.815. The van der Waals surface area contributed by atoms with Gasteiger partial charge in [0.25, 0.3) is 0 Å². The molecule has 1 atom stereocenters. The van der Waals surface area contributed by atoms with Gasteiger partial charge < -0.3 is 9.26 Å². The maximum Gasteiger partial charge on any atom is 0.341 e. The van der Waals surface area contributed by atoms with E-state index in [1.807, 2.05) is 6.92 Å². The Bertz CT molecular complexity index is 312. The zero-order valence-corrected chi connectivity index (χ0v) is 9.18. The summed E-state index contributed by atoms with van der Waals surface area (Å²) in [4.78, 5) is 11.5. The topological polar surface area (TPSA) is 35.5 Å². The van der Waals surface area contributed by atoms with Gasteiger partial charge >= 0.3 is 5.97 Å². The maximum absolute atomic E-state index is 11.5. The van der Waals surface area contributed by atoms with Gasteiger partial charge in [0.2, 0.25) is 0 Å². The van der Waals surface area contributed by atoms with Crippen molar-refractivity contribution in [3.05, 3.63) is 29.8 Å². The fraction of sp³-hybridized carbons (Fsp3) is 0.300. The van der Waals surface area contributed by atoms with Gasteiger partial charge in [-0.2, -0.15) is 0 Å². The highest BCUT2D eigenvalue weighted by molar-refractivity contribution is 7.10. The van der Waals surface area contributed by atoms with Crippen molar-refractivity contribution < 1.29 is 14.1 Å². The molecule has 0 aliphatic rings. The van der Waals surface area contributed by atoms with E-state index in [-0.39, 0.29) is 5.97 Å². The van der Waals surface area contributed by atoms with Gasteiger partial charge in [-0.05, 0) is 18.6 Å². The molecule has 0 aliphatic heterocycles. The number of benzene rings is 1. The summed E-state index contributed by atoms with van der Waals surface area (Å²) in [5.74, 6) is 0.170. The molecule has 0 saturated carbocycles. The molecule has 1 rings (SSSR count). The summed E-state index contributed by atoms with van der Waals surface area (Å²) in [5, 5.41) is 0. The van der Waals surface area contributed by atoms with Crippen LogP contribution >= 0.6 is 9.47 Å². The average Bonchev–Trinajstić information content (AvgIpc) is 2.25. The van der Waals surface area contributed by atoms with E-state index < -0.39 is 0 Å². The van der Waals surface area contributed by atoms with Crippen LogP contribution in [0.4, 0.5) is 0 Å². The van der Waals surface area contributed by atoms with Crippen molar-refractivity contribution in [3.63, 3.8) is 0 Å². The molecule has 0 N–H and O–H groups in total. The van der Waals surface area contributed by atoms with E-state index in [1.54, 1.807) is 24.3 Å². The van der Waals surface area contributed by atoms with E-state index in [9.17, 15) is 4.79 Å². The van der Waals surface area contributed by atoms with Crippen LogP contribution in [-0.2, 0) is 4.74 Å². The van der Waals surface area contributed by atoms with E-state index >= 15 is 0 Å². The zero-order chi connectivity index (χ0) is 10.4. The highest BCUT2D eigenvalue weighted by Crippen LogP contribution is 2.20. The van der Waals surface area contributed by atoms with Crippen LogP contribution in [0.1, 0.15) is 23.7 Å². The SMILES string of the molecule is CCCOC(=O)c1ccccc1OP. The molecular formula is C10H13O3P. The van der Waals surface area contributed by atoms with Gasteiger partial charge in [-0.25, -0.2) is 4.79 Å². The van der Waals surface area contributed by atoms with Crippen molar-refractivity contribution in [2.45, 2.75) is 13.3 Å². The molecule has 0 heterocycles. The second-order valence-electron chi connectivity index (χ2n) is 2.75. The summed E-state index contributed by atoms with van der Waals surface area (Å²) in [7, 11) is 2.11. The summed E-state index contributed by atoms with van der Waals surface area (Å²) in [6, 6.07) is 6.97. The normalized spacial score (nSPS) is 9.57. The van der Waals surface area contributed by atoms with Gasteiger partial charge in [-0.3, -0.25) is 0 Å². The summed E-state index contributed by atoms with van der Waals surface area (Å²) in [6.45, 7) is 2.38. The molecule has 76 valence electrons. The molecule has 3 nitrogen and oxygen atoms in total. The lowest BCUT2D eigenvalue weighted by atomic mass is 10.2. The van der Waals surface area contributed by atoms with Crippen LogP contribution in [-0.4, -0.2) is 12.6 Å². The largest absolute Gasteiger partial charge is 0.479 e. The second kappa shape index (κ2) is 5.61. The van der Waals surface area contributed by atoms with Gasteiger partial charge in [0.15, 0.2) is 0 Å². The number of ether oxygens (including phenoxy) is 1. The molecule has 1 unspecified atom stereocenters. The Morgan fingerprint density at radius 2 is 2.14 bits per heavy atom. The summed E-state index contributed by atoms with van der Waals surface area (Å²) in [5.41, 5.74) is 0.455. The fourth-order valence-corrected chi connectivity index (χ4v) is 1.22. The molecule has 4 heteroatoms. The zero-order valence-electron chi connectivity index (χ0n) is 8.03. The first-order valence-electron chi connectivity index (χ1n) is 4.42. The minimum absolute atomic E-state index is 0.343. The smallest absolute Gasteiger partial charge is 0.341 e. The van der Waals surface area contributed by atoms with Gasteiger partial charge in [0.1, 0.15) is 11.3 Å². The summed E-state index contributed by atoms with van der Waals surface area (Å²) < 4.78 is 9.95. The van der Waals surface area contributed by atoms with E-state index in [0.717, 1.165) is 6.42 Å². The fourth-order valence-electron chi connectivity index (χ4n) is 1.01. The molecule has 0 aliphatic carbocycles. The molecular weight excluding hydrogens is 199 g/mol. The first-order valence-corrected chi connectivity index (χ1v) is 4.89. The van der Waals surface area contributed by atoms with Crippen molar-refractivity contribution in [1.82, 2.24) is 0 Å². The Morgan fingerprint density at radius 3 is 2.79 bits per heavy atom. The third-order valence-corrected chi connectivity index (χ3v) is 1.93. The van der Waals surface area contributed by atoms with Crippen molar-refractivity contribution in [1.29, 1.82) is 0 Å². The van der Waals surface area contributed by atoms with Crippen molar-refractivity contribution in [3.8, 4) is 5.75 Å². The van der Waals surface area contributed by atoms with Crippen molar-refractivity contribution in [2.24, 2.45) is 0 Å². The molecule has 0 radical (unpaired) electrons. The van der Waals surface area contributed by atoms with Crippen LogP contribution in [0.3, 0.4) is 0 Å². The molecule has 0 bridgehead atoms. The van der Waals surface area contributed by atoms with E-state index in [2.05, 4.69) is 9.47 Å². The maximum atomic E-state index is 11.5. The standard InChI is InChI=1S/C10H13O3P/c1-2-7-12-10(11)8-5-3-4-6-9(8)13-14/h3-6H,2,7,14H2,1H3. The Labute approximate surface area is 85.7 Å². The minimum atomic E-state index is -0.343. The van der Waals surface area contributed by atoms with E-state index in [1.165, 1.54) is 0 Å². The van der Waals surface area contributed by atoms with Crippen LogP contribution in [0.25, 0.3) is 0 Å². The van der Waals surface area contributed by atoms with Gasteiger partial charge in [-0.15, -0.1) is 0 Å². The molecule has 1 aromatic carbocycles. The lowest BCUT2D eigenvalue weighted by molar-refractivity contribution is 0.0503. The Balaban J connectivity index is 2.78. The molecule has 0 spiro atoms. The lowest BCUT2D eigenvalue weighted by Crippen LogP contribution is -2.06. The number of hydrogen-bond acceptors (Lipinski definition) is 3. The molecule has 0 aromatic heterocycles. The van der Waals surface area contributed by atoms with E-state index in [4.69, 9.17) is 9.26 Å². The number of rotatable bonds is 4. The predicted molar refractivity (Wildman–Crippen MR) is 57.4 cm³/mol. The second-order valence-corrected chi connectivity index (χ2v) is 2.99. The van der Waals surface area contributed by atoms with E-state index in [0.29, 0.717) is 17.9 Å². The summed E-state index contributed by atoms with van der Waals surface area (Å²) >= 11 is 0. The first-order chi connectivity index (χ1) is 6.79. The highest BCUT2D eigenvalue weighted by atomic mass is 31.0. The monoisotopic (exact) mass is 212 g/mol. The first kappa shape index (κ1) is 11.0. The molecule has 14 heavy (non-hydrogen) atoms. The molecule has 0 saturated heterocycles. The van der Waals surface area contributed by atoms with Crippen LogP contribution in [0.2, 0.25) is 0 Å². The van der Waals surface area contributed by atoms with Crippen molar-refractivity contribution >= 4 is 15.4 Å². The third-order valence-electron chi connectivity index (χ3n) is 1.67. The number of carbonyl (C=O) groups is 1. The van der Waals surface area contributed by atoms with Crippen LogP contribution in [0, 0.1) is 0 Å². The van der Waals surface area contributed by atoms with Crippen LogP contribution in [0.5, 0.6) is 5.75 Å². The molecule has 0 fully saturated rings. The quantitative estimate of drug-likeness (QED) is 0.568. The van der Waals surface area contributed by atoms with Gasteiger partial charge in [0, 0.05) is 0 Å². The van der Waals surface area contributed by atoms with Crippen LogP contribution in [0.15, 0.2) is 24.3 Å². The Hall–Kier alpha value is -1.08. The highest BCUT2D eigenvalue weighted by Gasteiger charge is 2.11. The Kier molecular flexibility index (Phi) is 4.41.